The number of carboxylic acids is 1. The van der Waals surface area contributed by atoms with Gasteiger partial charge in [0.25, 0.3) is 0 Å². The largest absolute Gasteiger partial charge is 0.491 e. The molecule has 1 heterocycles. The molecular weight excluding hydrogens is 382 g/mol. The highest BCUT2D eigenvalue weighted by Crippen LogP contribution is 2.26. The SMILES string of the molecule is O=C(O)CCC(=O)N1CCCC1COc1ccc(Oc2ccc(Cl)cc2)cc1. The average molecular weight is 404 g/mol. The highest BCUT2D eigenvalue weighted by Gasteiger charge is 2.29. The Morgan fingerprint density at radius 1 is 1.00 bits per heavy atom. The van der Waals surface area contributed by atoms with Crippen molar-refractivity contribution in [2.24, 2.45) is 0 Å². The van der Waals surface area contributed by atoms with Gasteiger partial charge < -0.3 is 19.5 Å². The smallest absolute Gasteiger partial charge is 0.303 e. The van der Waals surface area contributed by atoms with Crippen molar-refractivity contribution < 1.29 is 24.2 Å². The van der Waals surface area contributed by atoms with Crippen LogP contribution < -0.4 is 9.47 Å². The third-order valence-electron chi connectivity index (χ3n) is 4.57. The first-order valence-corrected chi connectivity index (χ1v) is 9.56. The van der Waals surface area contributed by atoms with Crippen LogP contribution in [0.2, 0.25) is 5.02 Å². The molecule has 0 bridgehead atoms. The molecule has 1 aliphatic heterocycles. The molecular formula is C21H22ClNO5. The van der Waals surface area contributed by atoms with Gasteiger partial charge in [0.1, 0.15) is 23.9 Å². The third kappa shape index (κ3) is 5.63. The maximum atomic E-state index is 12.2. The number of benzene rings is 2. The summed E-state index contributed by atoms with van der Waals surface area (Å²) in [6.45, 7) is 1.04. The van der Waals surface area contributed by atoms with Crippen molar-refractivity contribution in [3.63, 3.8) is 0 Å². The number of aliphatic carboxylic acids is 1. The lowest BCUT2D eigenvalue weighted by atomic mass is 10.2. The highest BCUT2D eigenvalue weighted by atomic mass is 35.5. The summed E-state index contributed by atoms with van der Waals surface area (Å²) in [5, 5.41) is 9.39. The van der Waals surface area contributed by atoms with Gasteiger partial charge in [-0.1, -0.05) is 11.6 Å². The molecule has 28 heavy (non-hydrogen) atoms. The quantitative estimate of drug-likeness (QED) is 0.708. The van der Waals surface area contributed by atoms with Gasteiger partial charge in [-0.05, 0) is 61.4 Å². The summed E-state index contributed by atoms with van der Waals surface area (Å²) in [5.74, 6) is 0.982. The Hall–Kier alpha value is -2.73. The summed E-state index contributed by atoms with van der Waals surface area (Å²) >= 11 is 5.86. The van der Waals surface area contributed by atoms with E-state index in [1.54, 1.807) is 29.2 Å². The number of carbonyl (C=O) groups excluding carboxylic acids is 1. The van der Waals surface area contributed by atoms with Crippen molar-refractivity contribution in [1.29, 1.82) is 0 Å². The summed E-state index contributed by atoms with van der Waals surface area (Å²) in [6, 6.07) is 14.4. The fourth-order valence-corrected chi connectivity index (χ4v) is 3.26. The zero-order chi connectivity index (χ0) is 19.9. The molecule has 0 aromatic heterocycles. The van der Waals surface area contributed by atoms with Crippen molar-refractivity contribution in [2.45, 2.75) is 31.7 Å². The van der Waals surface area contributed by atoms with Gasteiger partial charge in [-0.15, -0.1) is 0 Å². The lowest BCUT2D eigenvalue weighted by molar-refractivity contribution is -0.141. The monoisotopic (exact) mass is 403 g/mol. The van der Waals surface area contributed by atoms with E-state index in [-0.39, 0.29) is 24.8 Å². The molecule has 148 valence electrons. The van der Waals surface area contributed by atoms with E-state index in [0.717, 1.165) is 12.8 Å². The van der Waals surface area contributed by atoms with E-state index >= 15 is 0 Å². The maximum Gasteiger partial charge on any atom is 0.303 e. The van der Waals surface area contributed by atoms with Crippen molar-refractivity contribution in [1.82, 2.24) is 4.90 Å². The van der Waals surface area contributed by atoms with Crippen LogP contribution in [0, 0.1) is 0 Å². The first kappa shape index (κ1) is 20.0. The summed E-state index contributed by atoms with van der Waals surface area (Å²) in [4.78, 5) is 24.6. The second-order valence-corrected chi connectivity index (χ2v) is 7.05. The third-order valence-corrected chi connectivity index (χ3v) is 4.82. The number of hydrogen-bond donors (Lipinski definition) is 1. The van der Waals surface area contributed by atoms with Crippen LogP contribution in [0.4, 0.5) is 0 Å². The summed E-state index contributed by atoms with van der Waals surface area (Å²) in [5.41, 5.74) is 0. The van der Waals surface area contributed by atoms with Crippen LogP contribution in [-0.4, -0.2) is 41.1 Å². The van der Waals surface area contributed by atoms with Gasteiger partial charge in [-0.25, -0.2) is 0 Å². The van der Waals surface area contributed by atoms with Crippen LogP contribution in [0.5, 0.6) is 17.2 Å². The Bertz CT molecular complexity index is 807. The average Bonchev–Trinajstić information content (AvgIpc) is 3.16. The first-order valence-electron chi connectivity index (χ1n) is 9.19. The predicted octanol–water partition coefficient (Wildman–Crippen LogP) is 4.37. The molecule has 1 atom stereocenters. The van der Waals surface area contributed by atoms with Gasteiger partial charge in [0.15, 0.2) is 0 Å². The standard InChI is InChI=1S/C21H22ClNO5/c22-15-3-5-18(6-4-15)28-19-9-7-17(8-10-19)27-14-16-2-1-13-23(16)20(24)11-12-21(25)26/h3-10,16H,1-2,11-14H2,(H,25,26). The number of ether oxygens (including phenoxy) is 2. The molecule has 1 unspecified atom stereocenters. The highest BCUT2D eigenvalue weighted by molar-refractivity contribution is 6.30. The van der Waals surface area contributed by atoms with E-state index in [9.17, 15) is 9.59 Å². The number of rotatable bonds is 8. The zero-order valence-corrected chi connectivity index (χ0v) is 16.1. The van der Waals surface area contributed by atoms with Gasteiger partial charge in [0, 0.05) is 18.0 Å². The van der Waals surface area contributed by atoms with E-state index in [1.165, 1.54) is 0 Å². The molecule has 2 aromatic carbocycles. The molecule has 7 heteroatoms. The molecule has 1 amide bonds. The Kier molecular flexibility index (Phi) is 6.76. The Balaban J connectivity index is 1.50. The molecule has 0 spiro atoms. The minimum Gasteiger partial charge on any atom is -0.491 e. The van der Waals surface area contributed by atoms with E-state index in [0.29, 0.717) is 35.4 Å². The number of halogens is 1. The van der Waals surface area contributed by atoms with Crippen molar-refractivity contribution in [3.05, 3.63) is 53.6 Å². The van der Waals surface area contributed by atoms with Crippen molar-refractivity contribution >= 4 is 23.5 Å². The van der Waals surface area contributed by atoms with Crippen LogP contribution in [0.3, 0.4) is 0 Å². The van der Waals surface area contributed by atoms with Crippen LogP contribution in [-0.2, 0) is 9.59 Å². The molecule has 1 aliphatic rings. The van der Waals surface area contributed by atoms with Gasteiger partial charge in [-0.3, -0.25) is 9.59 Å². The fraction of sp³-hybridized carbons (Fsp3) is 0.333. The Labute approximate surface area is 168 Å². The first-order chi connectivity index (χ1) is 13.5. The second-order valence-electron chi connectivity index (χ2n) is 6.62. The summed E-state index contributed by atoms with van der Waals surface area (Å²) < 4.78 is 11.6. The molecule has 1 N–H and O–H groups in total. The van der Waals surface area contributed by atoms with Gasteiger partial charge in [0.05, 0.1) is 12.5 Å². The lowest BCUT2D eigenvalue weighted by Crippen LogP contribution is -2.39. The fourth-order valence-electron chi connectivity index (χ4n) is 3.13. The maximum absolute atomic E-state index is 12.2. The second kappa shape index (κ2) is 9.46. The molecule has 6 nitrogen and oxygen atoms in total. The van der Waals surface area contributed by atoms with Crippen molar-refractivity contribution in [3.8, 4) is 17.2 Å². The molecule has 1 saturated heterocycles. The van der Waals surface area contributed by atoms with Crippen molar-refractivity contribution in [2.75, 3.05) is 13.2 Å². The van der Waals surface area contributed by atoms with E-state index in [1.807, 2.05) is 24.3 Å². The van der Waals surface area contributed by atoms with Gasteiger partial charge in [-0.2, -0.15) is 0 Å². The predicted molar refractivity (Wildman–Crippen MR) is 105 cm³/mol. The van der Waals surface area contributed by atoms with E-state index in [4.69, 9.17) is 26.2 Å². The zero-order valence-electron chi connectivity index (χ0n) is 15.3. The molecule has 2 aromatic rings. The Morgan fingerprint density at radius 2 is 1.61 bits per heavy atom. The van der Waals surface area contributed by atoms with Crippen LogP contribution in [0.1, 0.15) is 25.7 Å². The van der Waals surface area contributed by atoms with E-state index in [2.05, 4.69) is 0 Å². The summed E-state index contributed by atoms with van der Waals surface area (Å²) in [7, 11) is 0. The number of carbonyl (C=O) groups is 2. The molecule has 3 rings (SSSR count). The number of likely N-dealkylation sites (tertiary alicyclic amines) is 1. The van der Waals surface area contributed by atoms with Crippen LogP contribution >= 0.6 is 11.6 Å². The minimum atomic E-state index is -0.957. The number of carboxylic acid groups (broad SMARTS) is 1. The van der Waals surface area contributed by atoms with E-state index < -0.39 is 5.97 Å². The van der Waals surface area contributed by atoms with Gasteiger partial charge in [0.2, 0.25) is 5.91 Å². The summed E-state index contributed by atoms with van der Waals surface area (Å²) in [6.07, 6.45) is 1.65. The topological polar surface area (TPSA) is 76.1 Å². The molecule has 1 fully saturated rings. The number of amides is 1. The molecule has 0 radical (unpaired) electrons. The number of nitrogens with zero attached hydrogens (tertiary/aromatic N) is 1. The Morgan fingerprint density at radius 3 is 2.25 bits per heavy atom. The van der Waals surface area contributed by atoms with Crippen LogP contribution in [0.25, 0.3) is 0 Å². The van der Waals surface area contributed by atoms with Crippen LogP contribution in [0.15, 0.2) is 48.5 Å². The number of hydrogen-bond acceptors (Lipinski definition) is 4. The molecule has 0 aliphatic carbocycles. The lowest BCUT2D eigenvalue weighted by Gasteiger charge is -2.24. The normalized spacial score (nSPS) is 16.0. The molecule has 0 saturated carbocycles. The minimum absolute atomic E-state index is 0.0220. The van der Waals surface area contributed by atoms with Gasteiger partial charge >= 0.3 is 5.97 Å².